The van der Waals surface area contributed by atoms with Crippen LogP contribution < -0.4 is 10.2 Å². The number of rotatable bonds is 8. The second-order valence-electron chi connectivity index (χ2n) is 5.93. The molecule has 1 saturated carbocycles. The minimum atomic E-state index is 0.892. The van der Waals surface area contributed by atoms with Gasteiger partial charge in [0, 0.05) is 25.3 Å². The lowest BCUT2D eigenvalue weighted by atomic mass is 9.85. The second-order valence-corrected chi connectivity index (χ2v) is 5.93. The largest absolute Gasteiger partial charge is 0.357 e. The van der Waals surface area contributed by atoms with Crippen LogP contribution in [-0.2, 0) is 6.54 Å². The molecule has 112 valence electrons. The lowest BCUT2D eigenvalue weighted by Gasteiger charge is -2.32. The van der Waals surface area contributed by atoms with E-state index in [1.54, 1.807) is 0 Å². The Labute approximate surface area is 123 Å². The Kier molecular flexibility index (Phi) is 5.84. The molecule has 1 aliphatic rings. The van der Waals surface area contributed by atoms with Crippen molar-refractivity contribution in [2.75, 3.05) is 24.5 Å². The quantitative estimate of drug-likeness (QED) is 0.736. The summed E-state index contributed by atoms with van der Waals surface area (Å²) < 4.78 is 0. The van der Waals surface area contributed by atoms with Gasteiger partial charge < -0.3 is 10.2 Å². The van der Waals surface area contributed by atoms with Crippen molar-refractivity contribution in [3.05, 3.63) is 23.4 Å². The van der Waals surface area contributed by atoms with Crippen LogP contribution in [0.15, 0.2) is 12.1 Å². The van der Waals surface area contributed by atoms with Crippen LogP contribution in [0.2, 0.25) is 0 Å². The zero-order chi connectivity index (χ0) is 14.4. The summed E-state index contributed by atoms with van der Waals surface area (Å²) >= 11 is 0. The van der Waals surface area contributed by atoms with E-state index in [1.807, 2.05) is 0 Å². The number of pyridine rings is 1. The summed E-state index contributed by atoms with van der Waals surface area (Å²) in [5, 5.41) is 3.45. The molecule has 0 amide bonds. The van der Waals surface area contributed by atoms with E-state index in [1.165, 1.54) is 37.8 Å². The van der Waals surface area contributed by atoms with Gasteiger partial charge in [0.15, 0.2) is 0 Å². The van der Waals surface area contributed by atoms with Crippen LogP contribution in [-0.4, -0.2) is 24.6 Å². The monoisotopic (exact) mass is 275 g/mol. The van der Waals surface area contributed by atoms with E-state index < -0.39 is 0 Å². The Morgan fingerprint density at radius 2 is 2.10 bits per heavy atom. The van der Waals surface area contributed by atoms with Crippen molar-refractivity contribution in [1.29, 1.82) is 0 Å². The molecule has 1 N–H and O–H groups in total. The molecule has 1 heterocycles. The van der Waals surface area contributed by atoms with Gasteiger partial charge in [-0.15, -0.1) is 0 Å². The van der Waals surface area contributed by atoms with Crippen LogP contribution >= 0.6 is 0 Å². The van der Waals surface area contributed by atoms with E-state index in [9.17, 15) is 0 Å². The predicted molar refractivity (Wildman–Crippen MR) is 86.2 cm³/mol. The molecule has 3 heteroatoms. The Balaban J connectivity index is 1.98. The van der Waals surface area contributed by atoms with Gasteiger partial charge in [0.05, 0.1) is 0 Å². The fraction of sp³-hybridized carbons (Fsp3) is 0.706. The molecule has 0 radical (unpaired) electrons. The lowest BCUT2D eigenvalue weighted by molar-refractivity contribution is 0.318. The minimum absolute atomic E-state index is 0.892. The normalized spacial score (nSPS) is 15.2. The van der Waals surface area contributed by atoms with Crippen LogP contribution in [0.5, 0.6) is 0 Å². The van der Waals surface area contributed by atoms with Crippen molar-refractivity contribution in [2.45, 2.75) is 53.0 Å². The van der Waals surface area contributed by atoms with E-state index in [2.05, 4.69) is 43.1 Å². The molecule has 0 aromatic carbocycles. The third-order valence-corrected chi connectivity index (χ3v) is 4.33. The van der Waals surface area contributed by atoms with Crippen molar-refractivity contribution in [1.82, 2.24) is 10.3 Å². The molecule has 1 aromatic heterocycles. The van der Waals surface area contributed by atoms with Gasteiger partial charge in [0.1, 0.15) is 5.82 Å². The molecule has 0 spiro atoms. The first-order chi connectivity index (χ1) is 9.74. The van der Waals surface area contributed by atoms with Crippen molar-refractivity contribution in [3.8, 4) is 0 Å². The van der Waals surface area contributed by atoms with E-state index >= 15 is 0 Å². The fourth-order valence-electron chi connectivity index (χ4n) is 2.71. The smallest absolute Gasteiger partial charge is 0.128 e. The summed E-state index contributed by atoms with van der Waals surface area (Å²) in [4.78, 5) is 7.25. The van der Waals surface area contributed by atoms with Crippen LogP contribution in [0.1, 0.15) is 50.8 Å². The second kappa shape index (κ2) is 7.63. The highest BCUT2D eigenvalue weighted by molar-refractivity contribution is 5.41. The number of nitrogens with zero attached hydrogens (tertiary/aromatic N) is 2. The summed E-state index contributed by atoms with van der Waals surface area (Å²) in [6.45, 7) is 10.8. The predicted octanol–water partition coefficient (Wildman–Crippen LogP) is 3.52. The Bertz CT molecular complexity index is 413. The fourth-order valence-corrected chi connectivity index (χ4v) is 2.71. The average molecular weight is 275 g/mol. The SMILES string of the molecule is CCCNCc1ccc(N(CC)CC2CCC2)nc1C. The lowest BCUT2D eigenvalue weighted by Crippen LogP contribution is -2.33. The van der Waals surface area contributed by atoms with Crippen LogP contribution in [0, 0.1) is 12.8 Å². The van der Waals surface area contributed by atoms with Gasteiger partial charge in [0.2, 0.25) is 0 Å². The number of nitrogens with one attached hydrogen (secondary N) is 1. The van der Waals surface area contributed by atoms with E-state index in [0.29, 0.717) is 0 Å². The molecular formula is C17H29N3. The number of aromatic nitrogens is 1. The maximum Gasteiger partial charge on any atom is 0.128 e. The van der Waals surface area contributed by atoms with Crippen LogP contribution in [0.25, 0.3) is 0 Å². The summed E-state index contributed by atoms with van der Waals surface area (Å²) in [6.07, 6.45) is 5.38. The number of hydrogen-bond acceptors (Lipinski definition) is 3. The van der Waals surface area contributed by atoms with E-state index in [-0.39, 0.29) is 0 Å². The van der Waals surface area contributed by atoms with Gasteiger partial charge in [-0.3, -0.25) is 0 Å². The summed E-state index contributed by atoms with van der Waals surface area (Å²) in [5.74, 6) is 2.04. The van der Waals surface area contributed by atoms with E-state index in [4.69, 9.17) is 4.98 Å². The highest BCUT2D eigenvalue weighted by Gasteiger charge is 2.20. The number of aryl methyl sites for hydroxylation is 1. The van der Waals surface area contributed by atoms with Crippen molar-refractivity contribution in [3.63, 3.8) is 0 Å². The van der Waals surface area contributed by atoms with Gasteiger partial charge in [-0.1, -0.05) is 19.4 Å². The molecule has 3 nitrogen and oxygen atoms in total. The van der Waals surface area contributed by atoms with Gasteiger partial charge in [-0.05, 0) is 57.2 Å². The molecule has 0 aliphatic heterocycles. The Morgan fingerprint density at radius 3 is 2.65 bits per heavy atom. The Morgan fingerprint density at radius 1 is 1.30 bits per heavy atom. The maximum atomic E-state index is 4.82. The molecule has 0 saturated heterocycles. The molecule has 1 aromatic rings. The van der Waals surface area contributed by atoms with Crippen molar-refractivity contribution in [2.24, 2.45) is 5.92 Å². The molecule has 0 unspecified atom stereocenters. The molecule has 2 rings (SSSR count). The summed E-state index contributed by atoms with van der Waals surface area (Å²) in [5.41, 5.74) is 2.49. The zero-order valence-corrected chi connectivity index (χ0v) is 13.3. The van der Waals surface area contributed by atoms with Gasteiger partial charge in [-0.2, -0.15) is 0 Å². The van der Waals surface area contributed by atoms with Crippen LogP contribution in [0.3, 0.4) is 0 Å². The summed E-state index contributed by atoms with van der Waals surface area (Å²) in [6, 6.07) is 4.43. The minimum Gasteiger partial charge on any atom is -0.357 e. The molecule has 20 heavy (non-hydrogen) atoms. The molecule has 1 aliphatic carbocycles. The zero-order valence-electron chi connectivity index (χ0n) is 13.3. The first-order valence-corrected chi connectivity index (χ1v) is 8.16. The van der Waals surface area contributed by atoms with Crippen LogP contribution in [0.4, 0.5) is 5.82 Å². The molecule has 0 atom stereocenters. The molecule has 1 fully saturated rings. The Hall–Kier alpha value is -1.09. The van der Waals surface area contributed by atoms with Gasteiger partial charge >= 0.3 is 0 Å². The summed E-state index contributed by atoms with van der Waals surface area (Å²) in [7, 11) is 0. The third-order valence-electron chi connectivity index (χ3n) is 4.33. The highest BCUT2D eigenvalue weighted by Crippen LogP contribution is 2.28. The maximum absolute atomic E-state index is 4.82. The van der Waals surface area contributed by atoms with Gasteiger partial charge in [0.25, 0.3) is 0 Å². The molecule has 0 bridgehead atoms. The third kappa shape index (κ3) is 3.95. The average Bonchev–Trinajstić information content (AvgIpc) is 2.40. The van der Waals surface area contributed by atoms with Crippen molar-refractivity contribution < 1.29 is 0 Å². The first-order valence-electron chi connectivity index (χ1n) is 8.16. The van der Waals surface area contributed by atoms with Gasteiger partial charge in [-0.25, -0.2) is 4.98 Å². The first kappa shape index (κ1) is 15.3. The standard InChI is InChI=1S/C17H29N3/c1-4-11-18-12-16-9-10-17(19-14(16)3)20(5-2)13-15-7-6-8-15/h9-10,15,18H,4-8,11-13H2,1-3H3. The van der Waals surface area contributed by atoms with E-state index in [0.717, 1.165) is 37.1 Å². The van der Waals surface area contributed by atoms with Crippen molar-refractivity contribution >= 4 is 5.82 Å². The topological polar surface area (TPSA) is 28.2 Å². The highest BCUT2D eigenvalue weighted by atomic mass is 15.2. The number of hydrogen-bond donors (Lipinski definition) is 1. The number of anilines is 1. The molecular weight excluding hydrogens is 246 g/mol.